The molecule has 132 valence electrons. The first-order valence-electron chi connectivity index (χ1n) is 8.05. The molecule has 0 spiro atoms. The zero-order valence-electron chi connectivity index (χ0n) is 13.8. The fourth-order valence-electron chi connectivity index (χ4n) is 2.69. The van der Waals surface area contributed by atoms with Crippen LogP contribution in [0.2, 0.25) is 5.02 Å². The van der Waals surface area contributed by atoms with Crippen LogP contribution in [0.1, 0.15) is 15.9 Å². The van der Waals surface area contributed by atoms with E-state index in [1.807, 2.05) is 30.5 Å². The maximum absolute atomic E-state index is 12.1. The summed E-state index contributed by atoms with van der Waals surface area (Å²) in [6.45, 7) is 0. The third-order valence-electron chi connectivity index (χ3n) is 4.06. The molecule has 2 aromatic carbocycles. The number of H-pyrrole nitrogens is 1. The molecule has 0 saturated heterocycles. The van der Waals surface area contributed by atoms with Crippen molar-refractivity contribution in [3.05, 3.63) is 83.2 Å². The average Bonchev–Trinajstić information content (AvgIpc) is 3.04. The van der Waals surface area contributed by atoms with Gasteiger partial charge in [-0.1, -0.05) is 29.8 Å². The third kappa shape index (κ3) is 4.13. The quantitative estimate of drug-likeness (QED) is 0.437. The van der Waals surface area contributed by atoms with Crippen molar-refractivity contribution in [2.45, 2.75) is 12.5 Å². The van der Waals surface area contributed by atoms with Crippen molar-refractivity contribution in [2.24, 2.45) is 0 Å². The second kappa shape index (κ2) is 7.89. The van der Waals surface area contributed by atoms with Gasteiger partial charge in [0.25, 0.3) is 0 Å². The Balaban J connectivity index is 1.68. The fraction of sp³-hybridized carbons (Fsp3) is 0.100. The molecule has 0 fully saturated rings. The van der Waals surface area contributed by atoms with Crippen LogP contribution in [0.25, 0.3) is 10.9 Å². The van der Waals surface area contributed by atoms with E-state index in [4.69, 9.17) is 11.6 Å². The standard InChI is InChI=1S/C20H17ClN2O3/c21-15-7-5-13(6-8-15)19(24)9-10-22-18(20(25)26)11-14-12-23-17-4-2-1-3-16(14)17/h1-10,12,18,22-23H,11H2,(H,25,26)/b10-9+/t18-/m1/s1. The number of aromatic amines is 1. The number of fused-ring (bicyclic) bond motifs is 1. The summed E-state index contributed by atoms with van der Waals surface area (Å²) in [6.07, 6.45) is 4.79. The van der Waals surface area contributed by atoms with Crippen molar-refractivity contribution in [3.8, 4) is 0 Å². The highest BCUT2D eigenvalue weighted by Gasteiger charge is 2.18. The molecule has 3 aromatic rings. The smallest absolute Gasteiger partial charge is 0.326 e. The van der Waals surface area contributed by atoms with Gasteiger partial charge in [0, 0.05) is 46.4 Å². The number of nitrogens with one attached hydrogen (secondary N) is 2. The number of carboxylic acids is 1. The second-order valence-electron chi connectivity index (χ2n) is 5.83. The van der Waals surface area contributed by atoms with Gasteiger partial charge >= 0.3 is 5.97 Å². The van der Waals surface area contributed by atoms with Gasteiger partial charge in [-0.2, -0.15) is 0 Å². The lowest BCUT2D eigenvalue weighted by Gasteiger charge is -2.12. The molecular weight excluding hydrogens is 352 g/mol. The molecule has 1 heterocycles. The second-order valence-corrected chi connectivity index (χ2v) is 6.26. The molecule has 1 aromatic heterocycles. The van der Waals surface area contributed by atoms with Crippen molar-refractivity contribution in [1.82, 2.24) is 10.3 Å². The summed E-state index contributed by atoms with van der Waals surface area (Å²) in [7, 11) is 0. The van der Waals surface area contributed by atoms with Crippen LogP contribution in [0.3, 0.4) is 0 Å². The van der Waals surface area contributed by atoms with Gasteiger partial charge in [-0.25, -0.2) is 4.79 Å². The van der Waals surface area contributed by atoms with Gasteiger partial charge in [0.1, 0.15) is 6.04 Å². The minimum atomic E-state index is -0.987. The zero-order valence-corrected chi connectivity index (χ0v) is 14.5. The number of aromatic nitrogens is 1. The van der Waals surface area contributed by atoms with Crippen LogP contribution in [0.5, 0.6) is 0 Å². The van der Waals surface area contributed by atoms with Gasteiger partial charge in [-0.3, -0.25) is 4.79 Å². The molecule has 1 atom stereocenters. The number of rotatable bonds is 7. The number of para-hydroxylation sites is 1. The number of carboxylic acid groups (broad SMARTS) is 1. The van der Waals surface area contributed by atoms with Crippen molar-refractivity contribution >= 4 is 34.3 Å². The Labute approximate surface area is 155 Å². The number of carbonyl (C=O) groups is 2. The van der Waals surface area contributed by atoms with Crippen molar-refractivity contribution in [1.29, 1.82) is 0 Å². The number of benzene rings is 2. The lowest BCUT2D eigenvalue weighted by Crippen LogP contribution is -2.35. The van der Waals surface area contributed by atoms with E-state index in [0.29, 0.717) is 17.0 Å². The first-order chi connectivity index (χ1) is 12.5. The van der Waals surface area contributed by atoms with E-state index in [1.165, 1.54) is 12.3 Å². The van der Waals surface area contributed by atoms with E-state index < -0.39 is 12.0 Å². The minimum Gasteiger partial charge on any atom is -0.480 e. The molecule has 5 nitrogen and oxygen atoms in total. The Hall–Kier alpha value is -3.05. The number of halogens is 1. The number of hydrogen-bond acceptors (Lipinski definition) is 3. The monoisotopic (exact) mass is 368 g/mol. The number of hydrogen-bond donors (Lipinski definition) is 3. The van der Waals surface area contributed by atoms with Gasteiger partial charge in [-0.05, 0) is 35.9 Å². The van der Waals surface area contributed by atoms with Gasteiger partial charge in [0.15, 0.2) is 5.78 Å². The predicted octanol–water partition coefficient (Wildman–Crippen LogP) is 3.80. The van der Waals surface area contributed by atoms with Crippen LogP contribution in [0.15, 0.2) is 67.0 Å². The molecular formula is C20H17ClN2O3. The van der Waals surface area contributed by atoms with E-state index in [0.717, 1.165) is 16.5 Å². The topological polar surface area (TPSA) is 82.2 Å². The molecule has 3 rings (SSSR count). The van der Waals surface area contributed by atoms with Crippen LogP contribution < -0.4 is 5.32 Å². The number of ketones is 1. The summed E-state index contributed by atoms with van der Waals surface area (Å²) in [5.41, 5.74) is 2.34. The van der Waals surface area contributed by atoms with E-state index in [9.17, 15) is 14.7 Å². The first kappa shape index (κ1) is 17.8. The molecule has 26 heavy (non-hydrogen) atoms. The molecule has 3 N–H and O–H groups in total. The first-order valence-corrected chi connectivity index (χ1v) is 8.42. The van der Waals surface area contributed by atoms with Gasteiger partial charge in [0.05, 0.1) is 0 Å². The molecule has 0 amide bonds. The van der Waals surface area contributed by atoms with E-state index in [-0.39, 0.29) is 5.78 Å². The molecule has 0 bridgehead atoms. The summed E-state index contributed by atoms with van der Waals surface area (Å²) in [5, 5.41) is 13.8. The number of carbonyl (C=O) groups excluding carboxylic acids is 1. The summed E-state index contributed by atoms with van der Waals surface area (Å²) < 4.78 is 0. The third-order valence-corrected chi connectivity index (χ3v) is 4.31. The molecule has 0 radical (unpaired) electrons. The Morgan fingerprint density at radius 1 is 1.15 bits per heavy atom. The molecule has 0 saturated carbocycles. The van der Waals surface area contributed by atoms with Gasteiger partial charge in [-0.15, -0.1) is 0 Å². The summed E-state index contributed by atoms with van der Waals surface area (Å²) in [6, 6.07) is 13.4. The van der Waals surface area contributed by atoms with Crippen LogP contribution >= 0.6 is 11.6 Å². The molecule has 0 aliphatic carbocycles. The summed E-state index contributed by atoms with van der Waals surface area (Å²) in [4.78, 5) is 26.7. The van der Waals surface area contributed by atoms with Crippen LogP contribution in [0.4, 0.5) is 0 Å². The molecule has 0 unspecified atom stereocenters. The SMILES string of the molecule is O=C(/C=C/N[C@H](Cc1c[nH]c2ccccc12)C(=O)O)c1ccc(Cl)cc1. The minimum absolute atomic E-state index is 0.231. The lowest BCUT2D eigenvalue weighted by molar-refractivity contribution is -0.139. The summed E-state index contributed by atoms with van der Waals surface area (Å²) in [5.74, 6) is -1.22. The fourth-order valence-corrected chi connectivity index (χ4v) is 2.81. The van der Waals surface area contributed by atoms with Gasteiger partial charge in [0.2, 0.25) is 0 Å². The Kier molecular flexibility index (Phi) is 5.39. The van der Waals surface area contributed by atoms with E-state index in [1.54, 1.807) is 24.3 Å². The molecule has 6 heteroatoms. The highest BCUT2D eigenvalue weighted by Crippen LogP contribution is 2.19. The van der Waals surface area contributed by atoms with E-state index >= 15 is 0 Å². The largest absolute Gasteiger partial charge is 0.480 e. The lowest BCUT2D eigenvalue weighted by atomic mass is 10.1. The highest BCUT2D eigenvalue weighted by atomic mass is 35.5. The molecule has 0 aliphatic rings. The Morgan fingerprint density at radius 3 is 2.62 bits per heavy atom. The number of allylic oxidation sites excluding steroid dienone is 1. The zero-order chi connectivity index (χ0) is 18.5. The van der Waals surface area contributed by atoms with E-state index in [2.05, 4.69) is 10.3 Å². The normalized spacial score (nSPS) is 12.3. The van der Waals surface area contributed by atoms with Crippen molar-refractivity contribution in [3.63, 3.8) is 0 Å². The maximum Gasteiger partial charge on any atom is 0.326 e. The van der Waals surface area contributed by atoms with Gasteiger partial charge < -0.3 is 15.4 Å². The van der Waals surface area contributed by atoms with Crippen LogP contribution in [-0.2, 0) is 11.2 Å². The predicted molar refractivity (Wildman–Crippen MR) is 101 cm³/mol. The average molecular weight is 369 g/mol. The maximum atomic E-state index is 12.1. The van der Waals surface area contributed by atoms with Crippen molar-refractivity contribution < 1.29 is 14.7 Å². The Bertz CT molecular complexity index is 961. The highest BCUT2D eigenvalue weighted by molar-refractivity contribution is 6.30. The Morgan fingerprint density at radius 2 is 1.88 bits per heavy atom. The van der Waals surface area contributed by atoms with Crippen LogP contribution in [0, 0.1) is 0 Å². The summed E-state index contributed by atoms with van der Waals surface area (Å²) >= 11 is 5.80. The van der Waals surface area contributed by atoms with Crippen molar-refractivity contribution in [2.75, 3.05) is 0 Å². The number of aliphatic carboxylic acids is 1. The van der Waals surface area contributed by atoms with Crippen LogP contribution in [-0.4, -0.2) is 27.9 Å². The molecule has 0 aliphatic heterocycles.